The standard InChI is InChI=1S/C12H17NO2/c1-8-5-6-9(13-12(2,3)4)7-10(8)11(14)15/h5-7,13H,1-4H3,(H,14,15). The summed E-state index contributed by atoms with van der Waals surface area (Å²) in [6, 6.07) is 5.38. The smallest absolute Gasteiger partial charge is 0.336 e. The lowest BCUT2D eigenvalue weighted by Gasteiger charge is -2.22. The second-order valence-corrected chi connectivity index (χ2v) is 4.71. The largest absolute Gasteiger partial charge is 0.478 e. The summed E-state index contributed by atoms with van der Waals surface area (Å²) >= 11 is 0. The molecule has 0 radical (unpaired) electrons. The van der Waals surface area contributed by atoms with Gasteiger partial charge in [0.05, 0.1) is 5.56 Å². The van der Waals surface area contributed by atoms with Crippen molar-refractivity contribution in [3.8, 4) is 0 Å². The number of carboxylic acids is 1. The third-order valence-corrected chi connectivity index (χ3v) is 1.99. The van der Waals surface area contributed by atoms with Crippen molar-refractivity contribution in [1.29, 1.82) is 0 Å². The maximum Gasteiger partial charge on any atom is 0.336 e. The van der Waals surface area contributed by atoms with Gasteiger partial charge < -0.3 is 10.4 Å². The minimum Gasteiger partial charge on any atom is -0.478 e. The number of hydrogen-bond donors (Lipinski definition) is 2. The van der Waals surface area contributed by atoms with Gasteiger partial charge in [-0.3, -0.25) is 0 Å². The number of aryl methyl sites for hydroxylation is 1. The molecule has 1 rings (SSSR count). The number of carbonyl (C=O) groups is 1. The van der Waals surface area contributed by atoms with E-state index in [4.69, 9.17) is 5.11 Å². The molecule has 0 heterocycles. The number of benzene rings is 1. The van der Waals surface area contributed by atoms with E-state index in [-0.39, 0.29) is 5.54 Å². The summed E-state index contributed by atoms with van der Waals surface area (Å²) in [5, 5.41) is 12.2. The highest BCUT2D eigenvalue weighted by Gasteiger charge is 2.12. The molecule has 0 spiro atoms. The van der Waals surface area contributed by atoms with E-state index in [2.05, 4.69) is 5.32 Å². The fourth-order valence-electron chi connectivity index (χ4n) is 1.36. The summed E-state index contributed by atoms with van der Waals surface area (Å²) in [6.07, 6.45) is 0. The van der Waals surface area contributed by atoms with Gasteiger partial charge in [0.15, 0.2) is 0 Å². The molecule has 0 bridgehead atoms. The highest BCUT2D eigenvalue weighted by molar-refractivity contribution is 5.90. The molecule has 0 fully saturated rings. The Kier molecular flexibility index (Phi) is 3.03. The normalized spacial score (nSPS) is 11.2. The van der Waals surface area contributed by atoms with Crippen molar-refractivity contribution >= 4 is 11.7 Å². The number of anilines is 1. The molecule has 0 aliphatic rings. The van der Waals surface area contributed by atoms with Crippen LogP contribution in [0.25, 0.3) is 0 Å². The van der Waals surface area contributed by atoms with Crippen LogP contribution in [0.4, 0.5) is 5.69 Å². The molecule has 2 N–H and O–H groups in total. The number of aromatic carboxylic acids is 1. The van der Waals surface area contributed by atoms with Crippen molar-refractivity contribution in [1.82, 2.24) is 0 Å². The zero-order valence-electron chi connectivity index (χ0n) is 9.59. The van der Waals surface area contributed by atoms with E-state index < -0.39 is 5.97 Å². The van der Waals surface area contributed by atoms with Gasteiger partial charge in [-0.05, 0) is 45.4 Å². The molecule has 0 aliphatic carbocycles. The van der Waals surface area contributed by atoms with Gasteiger partial charge in [-0.1, -0.05) is 6.07 Å². The first-order chi connectivity index (χ1) is 6.79. The zero-order valence-corrected chi connectivity index (χ0v) is 9.59. The number of carboxylic acid groups (broad SMARTS) is 1. The third-order valence-electron chi connectivity index (χ3n) is 1.99. The van der Waals surface area contributed by atoms with Gasteiger partial charge in [0.2, 0.25) is 0 Å². The summed E-state index contributed by atoms with van der Waals surface area (Å²) in [7, 11) is 0. The highest BCUT2D eigenvalue weighted by Crippen LogP contribution is 2.18. The van der Waals surface area contributed by atoms with Gasteiger partial charge in [-0.2, -0.15) is 0 Å². The monoisotopic (exact) mass is 207 g/mol. The molecule has 0 saturated heterocycles. The first-order valence-electron chi connectivity index (χ1n) is 4.92. The average Bonchev–Trinajstić information content (AvgIpc) is 2.05. The molecule has 3 heteroatoms. The third kappa shape index (κ3) is 3.27. The fraction of sp³-hybridized carbons (Fsp3) is 0.417. The van der Waals surface area contributed by atoms with Crippen LogP contribution in [0.15, 0.2) is 18.2 Å². The van der Waals surface area contributed by atoms with Gasteiger partial charge >= 0.3 is 5.97 Å². The van der Waals surface area contributed by atoms with Crippen LogP contribution in [0, 0.1) is 6.92 Å². The second-order valence-electron chi connectivity index (χ2n) is 4.71. The number of rotatable bonds is 2. The zero-order chi connectivity index (χ0) is 11.6. The highest BCUT2D eigenvalue weighted by atomic mass is 16.4. The van der Waals surface area contributed by atoms with E-state index in [1.165, 1.54) is 0 Å². The lowest BCUT2D eigenvalue weighted by Crippen LogP contribution is -2.26. The molecule has 0 saturated carbocycles. The Morgan fingerprint density at radius 1 is 1.33 bits per heavy atom. The summed E-state index contributed by atoms with van der Waals surface area (Å²) < 4.78 is 0. The average molecular weight is 207 g/mol. The van der Waals surface area contributed by atoms with Gasteiger partial charge in [-0.25, -0.2) is 4.79 Å². The van der Waals surface area contributed by atoms with Gasteiger partial charge in [0.1, 0.15) is 0 Å². The molecular weight excluding hydrogens is 190 g/mol. The van der Waals surface area contributed by atoms with E-state index >= 15 is 0 Å². The summed E-state index contributed by atoms with van der Waals surface area (Å²) in [5.41, 5.74) is 1.90. The molecule has 0 aromatic heterocycles. The number of hydrogen-bond acceptors (Lipinski definition) is 2. The molecule has 0 unspecified atom stereocenters. The van der Waals surface area contributed by atoms with Crippen molar-refractivity contribution in [2.75, 3.05) is 5.32 Å². The minimum absolute atomic E-state index is 0.0645. The van der Waals surface area contributed by atoms with Crippen molar-refractivity contribution in [2.24, 2.45) is 0 Å². The molecule has 0 amide bonds. The van der Waals surface area contributed by atoms with Crippen molar-refractivity contribution in [2.45, 2.75) is 33.2 Å². The summed E-state index contributed by atoms with van der Waals surface area (Å²) in [6.45, 7) is 7.90. The summed E-state index contributed by atoms with van der Waals surface area (Å²) in [5.74, 6) is -0.884. The quantitative estimate of drug-likeness (QED) is 0.784. The lowest BCUT2D eigenvalue weighted by molar-refractivity contribution is 0.0696. The Morgan fingerprint density at radius 2 is 1.93 bits per heavy atom. The topological polar surface area (TPSA) is 49.3 Å². The first kappa shape index (κ1) is 11.6. The van der Waals surface area contributed by atoms with E-state index in [0.717, 1.165) is 11.3 Å². The van der Waals surface area contributed by atoms with Gasteiger partial charge in [0, 0.05) is 11.2 Å². The van der Waals surface area contributed by atoms with E-state index in [1.807, 2.05) is 32.9 Å². The van der Waals surface area contributed by atoms with Crippen LogP contribution < -0.4 is 5.32 Å². The van der Waals surface area contributed by atoms with E-state index in [1.54, 1.807) is 13.0 Å². The van der Waals surface area contributed by atoms with Crippen LogP contribution in [0.2, 0.25) is 0 Å². The molecule has 0 aliphatic heterocycles. The fourth-order valence-corrected chi connectivity index (χ4v) is 1.36. The second kappa shape index (κ2) is 3.93. The molecule has 1 aromatic rings. The maximum atomic E-state index is 10.9. The van der Waals surface area contributed by atoms with Crippen LogP contribution in [-0.4, -0.2) is 16.6 Å². The Bertz CT molecular complexity index is 378. The van der Waals surface area contributed by atoms with E-state index in [0.29, 0.717) is 5.56 Å². The van der Waals surface area contributed by atoms with Crippen LogP contribution in [0.1, 0.15) is 36.7 Å². The van der Waals surface area contributed by atoms with Gasteiger partial charge in [0.25, 0.3) is 0 Å². The van der Waals surface area contributed by atoms with Crippen molar-refractivity contribution in [3.63, 3.8) is 0 Å². The summed E-state index contributed by atoms with van der Waals surface area (Å²) in [4.78, 5) is 10.9. The van der Waals surface area contributed by atoms with Crippen LogP contribution >= 0.6 is 0 Å². The predicted molar refractivity (Wildman–Crippen MR) is 61.5 cm³/mol. The first-order valence-corrected chi connectivity index (χ1v) is 4.92. The molecule has 0 atom stereocenters. The molecule has 82 valence electrons. The SMILES string of the molecule is Cc1ccc(NC(C)(C)C)cc1C(=O)O. The van der Waals surface area contributed by atoms with Crippen LogP contribution in [0.3, 0.4) is 0 Å². The minimum atomic E-state index is -0.884. The maximum absolute atomic E-state index is 10.9. The Balaban J connectivity index is 3.03. The van der Waals surface area contributed by atoms with Crippen molar-refractivity contribution < 1.29 is 9.90 Å². The van der Waals surface area contributed by atoms with Crippen LogP contribution in [-0.2, 0) is 0 Å². The number of nitrogens with one attached hydrogen (secondary N) is 1. The van der Waals surface area contributed by atoms with Crippen molar-refractivity contribution in [3.05, 3.63) is 29.3 Å². The molecule has 15 heavy (non-hydrogen) atoms. The Morgan fingerprint density at radius 3 is 2.40 bits per heavy atom. The van der Waals surface area contributed by atoms with E-state index in [9.17, 15) is 4.79 Å². The van der Waals surface area contributed by atoms with Crippen LogP contribution in [0.5, 0.6) is 0 Å². The molecular formula is C12H17NO2. The Hall–Kier alpha value is -1.51. The Labute approximate surface area is 90.1 Å². The molecule has 3 nitrogen and oxygen atoms in total. The molecule has 1 aromatic carbocycles. The lowest BCUT2D eigenvalue weighted by atomic mass is 10.1. The predicted octanol–water partition coefficient (Wildman–Crippen LogP) is 2.90. The van der Waals surface area contributed by atoms with Gasteiger partial charge in [-0.15, -0.1) is 0 Å².